The Kier molecular flexibility index (Phi) is 3.17. The first kappa shape index (κ1) is 11.0. The fourth-order valence-electron chi connectivity index (χ4n) is 1.39. The largest absolute Gasteiger partial charge is 0.382 e. The van der Waals surface area contributed by atoms with Crippen molar-refractivity contribution in [1.29, 1.82) is 0 Å². The molecule has 1 heterocycles. The SMILES string of the molecule is OC(c1ccc(F)cc1)c1cccc(Cl)n1. The highest BCUT2D eigenvalue weighted by molar-refractivity contribution is 6.29. The highest BCUT2D eigenvalue weighted by Gasteiger charge is 2.11. The van der Waals surface area contributed by atoms with E-state index >= 15 is 0 Å². The highest BCUT2D eigenvalue weighted by atomic mass is 35.5. The molecule has 1 unspecified atom stereocenters. The van der Waals surface area contributed by atoms with Crippen LogP contribution in [0.25, 0.3) is 0 Å². The number of nitrogens with zero attached hydrogens (tertiary/aromatic N) is 1. The molecular formula is C12H9ClFNO. The second kappa shape index (κ2) is 4.60. The summed E-state index contributed by atoms with van der Waals surface area (Å²) in [5, 5.41) is 10.3. The van der Waals surface area contributed by atoms with Crippen LogP contribution in [0.15, 0.2) is 42.5 Å². The van der Waals surface area contributed by atoms with Crippen molar-refractivity contribution in [3.8, 4) is 0 Å². The van der Waals surface area contributed by atoms with Gasteiger partial charge in [-0.1, -0.05) is 29.8 Å². The van der Waals surface area contributed by atoms with Crippen molar-refractivity contribution in [2.45, 2.75) is 6.10 Å². The van der Waals surface area contributed by atoms with Crippen LogP contribution in [0.5, 0.6) is 0 Å². The van der Waals surface area contributed by atoms with E-state index in [1.54, 1.807) is 18.2 Å². The molecule has 0 saturated heterocycles. The lowest BCUT2D eigenvalue weighted by molar-refractivity contribution is 0.215. The third-order valence-electron chi connectivity index (χ3n) is 2.20. The van der Waals surface area contributed by atoms with E-state index in [9.17, 15) is 9.50 Å². The number of rotatable bonds is 2. The van der Waals surface area contributed by atoms with Crippen molar-refractivity contribution in [2.24, 2.45) is 0 Å². The van der Waals surface area contributed by atoms with Crippen LogP contribution in [-0.2, 0) is 0 Å². The van der Waals surface area contributed by atoms with Gasteiger partial charge in [0.05, 0.1) is 5.69 Å². The zero-order valence-electron chi connectivity index (χ0n) is 8.27. The van der Waals surface area contributed by atoms with Gasteiger partial charge in [-0.2, -0.15) is 0 Å². The Hall–Kier alpha value is -1.45. The molecule has 0 amide bonds. The molecular weight excluding hydrogens is 229 g/mol. The van der Waals surface area contributed by atoms with Crippen molar-refractivity contribution in [3.05, 3.63) is 64.7 Å². The summed E-state index contributed by atoms with van der Waals surface area (Å²) in [4.78, 5) is 3.99. The summed E-state index contributed by atoms with van der Waals surface area (Å²) in [6.45, 7) is 0. The quantitative estimate of drug-likeness (QED) is 0.815. The van der Waals surface area contributed by atoms with Crippen LogP contribution in [0.4, 0.5) is 4.39 Å². The summed E-state index contributed by atoms with van der Waals surface area (Å²) in [6.07, 6.45) is -0.890. The van der Waals surface area contributed by atoms with Crippen LogP contribution in [0, 0.1) is 5.82 Å². The Morgan fingerprint density at radius 1 is 1.12 bits per heavy atom. The second-order valence-electron chi connectivity index (χ2n) is 3.34. The Balaban J connectivity index is 2.31. The van der Waals surface area contributed by atoms with Crippen LogP contribution < -0.4 is 0 Å². The number of aliphatic hydroxyl groups excluding tert-OH is 1. The third kappa shape index (κ3) is 2.38. The normalized spacial score (nSPS) is 12.4. The Bertz CT molecular complexity index is 487. The molecule has 0 aliphatic rings. The number of pyridine rings is 1. The van der Waals surface area contributed by atoms with Crippen LogP contribution in [-0.4, -0.2) is 10.1 Å². The molecule has 0 bridgehead atoms. The topological polar surface area (TPSA) is 33.1 Å². The molecule has 2 rings (SSSR count). The van der Waals surface area contributed by atoms with E-state index in [2.05, 4.69) is 4.98 Å². The van der Waals surface area contributed by atoms with Crippen LogP contribution in [0.2, 0.25) is 5.15 Å². The van der Waals surface area contributed by atoms with Crippen LogP contribution in [0.1, 0.15) is 17.4 Å². The van der Waals surface area contributed by atoms with Crippen LogP contribution >= 0.6 is 11.6 Å². The molecule has 0 spiro atoms. The van der Waals surface area contributed by atoms with E-state index in [1.165, 1.54) is 24.3 Å². The molecule has 0 aliphatic heterocycles. The maximum Gasteiger partial charge on any atom is 0.129 e. The molecule has 0 aliphatic carbocycles. The number of hydrogen-bond donors (Lipinski definition) is 1. The van der Waals surface area contributed by atoms with E-state index in [-0.39, 0.29) is 5.82 Å². The molecule has 2 nitrogen and oxygen atoms in total. The Morgan fingerprint density at radius 3 is 2.44 bits per heavy atom. The molecule has 1 aromatic carbocycles. The van der Waals surface area contributed by atoms with Gasteiger partial charge in [0.1, 0.15) is 17.1 Å². The zero-order valence-corrected chi connectivity index (χ0v) is 9.03. The van der Waals surface area contributed by atoms with Gasteiger partial charge in [-0.05, 0) is 29.8 Å². The van der Waals surface area contributed by atoms with Crippen molar-refractivity contribution in [2.75, 3.05) is 0 Å². The summed E-state index contributed by atoms with van der Waals surface area (Å²) in [5.41, 5.74) is 1.02. The van der Waals surface area contributed by atoms with Gasteiger partial charge in [0.25, 0.3) is 0 Å². The second-order valence-corrected chi connectivity index (χ2v) is 3.73. The van der Waals surface area contributed by atoms with E-state index in [0.717, 1.165) is 0 Å². The first-order chi connectivity index (χ1) is 7.66. The molecule has 1 aromatic heterocycles. The number of halogens is 2. The minimum Gasteiger partial charge on any atom is -0.382 e. The number of benzene rings is 1. The summed E-state index contributed by atoms with van der Waals surface area (Å²) in [7, 11) is 0. The van der Waals surface area contributed by atoms with E-state index in [4.69, 9.17) is 11.6 Å². The molecule has 0 fully saturated rings. The fourth-order valence-corrected chi connectivity index (χ4v) is 1.56. The lowest BCUT2D eigenvalue weighted by Crippen LogP contribution is -2.02. The van der Waals surface area contributed by atoms with E-state index in [0.29, 0.717) is 16.4 Å². The minimum atomic E-state index is -0.890. The lowest BCUT2D eigenvalue weighted by Gasteiger charge is -2.10. The van der Waals surface area contributed by atoms with Crippen molar-refractivity contribution in [3.63, 3.8) is 0 Å². The summed E-state index contributed by atoms with van der Waals surface area (Å²) in [6, 6.07) is 10.6. The van der Waals surface area contributed by atoms with Crippen LogP contribution in [0.3, 0.4) is 0 Å². The predicted molar refractivity (Wildman–Crippen MR) is 59.7 cm³/mol. The van der Waals surface area contributed by atoms with Gasteiger partial charge in [-0.3, -0.25) is 0 Å². The van der Waals surface area contributed by atoms with Crippen molar-refractivity contribution >= 4 is 11.6 Å². The number of aliphatic hydroxyl groups is 1. The average molecular weight is 238 g/mol. The van der Waals surface area contributed by atoms with E-state index in [1.807, 2.05) is 0 Å². The van der Waals surface area contributed by atoms with Gasteiger partial charge in [0.2, 0.25) is 0 Å². The smallest absolute Gasteiger partial charge is 0.129 e. The Labute approximate surface area is 97.3 Å². The average Bonchev–Trinajstić information content (AvgIpc) is 2.29. The van der Waals surface area contributed by atoms with Gasteiger partial charge in [0, 0.05) is 0 Å². The first-order valence-corrected chi connectivity index (χ1v) is 5.10. The number of aromatic nitrogens is 1. The molecule has 4 heteroatoms. The third-order valence-corrected chi connectivity index (χ3v) is 2.41. The van der Waals surface area contributed by atoms with Gasteiger partial charge in [-0.15, -0.1) is 0 Å². The molecule has 1 N–H and O–H groups in total. The first-order valence-electron chi connectivity index (χ1n) is 4.73. The van der Waals surface area contributed by atoms with Gasteiger partial charge in [0.15, 0.2) is 0 Å². The zero-order chi connectivity index (χ0) is 11.5. The van der Waals surface area contributed by atoms with Crippen molar-refractivity contribution in [1.82, 2.24) is 4.98 Å². The summed E-state index contributed by atoms with van der Waals surface area (Å²) < 4.78 is 12.7. The maximum atomic E-state index is 12.7. The molecule has 1 atom stereocenters. The highest BCUT2D eigenvalue weighted by Crippen LogP contribution is 2.21. The molecule has 2 aromatic rings. The fraction of sp³-hybridized carbons (Fsp3) is 0.0833. The maximum absolute atomic E-state index is 12.7. The van der Waals surface area contributed by atoms with Gasteiger partial charge in [-0.25, -0.2) is 9.37 Å². The lowest BCUT2D eigenvalue weighted by atomic mass is 10.1. The summed E-state index contributed by atoms with van der Waals surface area (Å²) in [5.74, 6) is -0.338. The Morgan fingerprint density at radius 2 is 1.81 bits per heavy atom. The predicted octanol–water partition coefficient (Wildman–Crippen LogP) is 2.96. The molecule has 82 valence electrons. The standard InChI is InChI=1S/C12H9ClFNO/c13-11-3-1-2-10(15-11)12(16)8-4-6-9(14)7-5-8/h1-7,12,16H. The minimum absolute atomic E-state index is 0.318. The van der Waals surface area contributed by atoms with Crippen molar-refractivity contribution < 1.29 is 9.50 Å². The monoisotopic (exact) mass is 237 g/mol. The molecule has 16 heavy (non-hydrogen) atoms. The van der Waals surface area contributed by atoms with E-state index < -0.39 is 6.10 Å². The molecule has 0 saturated carbocycles. The van der Waals surface area contributed by atoms with Gasteiger partial charge < -0.3 is 5.11 Å². The van der Waals surface area contributed by atoms with Gasteiger partial charge >= 0.3 is 0 Å². The summed E-state index contributed by atoms with van der Waals surface area (Å²) >= 11 is 5.72. The number of hydrogen-bond acceptors (Lipinski definition) is 2. The molecule has 0 radical (unpaired) electrons.